The van der Waals surface area contributed by atoms with E-state index in [-0.39, 0.29) is 0 Å². The van der Waals surface area contributed by atoms with Crippen LogP contribution in [0.4, 0.5) is 5.82 Å². The number of piperazine rings is 1. The average Bonchev–Trinajstić information content (AvgIpc) is 2.83. The van der Waals surface area contributed by atoms with Gasteiger partial charge >= 0.3 is 0 Å². The molecule has 5 heteroatoms. The third kappa shape index (κ3) is 1.95. The van der Waals surface area contributed by atoms with Gasteiger partial charge in [0.1, 0.15) is 11.5 Å². The molecule has 1 aliphatic rings. The Kier molecular flexibility index (Phi) is 2.93. The summed E-state index contributed by atoms with van der Waals surface area (Å²) in [7, 11) is 0. The van der Waals surface area contributed by atoms with Crippen LogP contribution in [-0.2, 0) is 0 Å². The first-order valence-corrected chi connectivity index (χ1v) is 6.37. The van der Waals surface area contributed by atoms with Crippen LogP contribution >= 0.6 is 0 Å². The van der Waals surface area contributed by atoms with E-state index in [4.69, 9.17) is 0 Å². The number of aromatic nitrogens is 2. The second kappa shape index (κ2) is 4.59. The number of aliphatic hydroxyl groups is 1. The third-order valence-electron chi connectivity index (χ3n) is 3.36. The molecule has 2 aromatic heterocycles. The Labute approximate surface area is 106 Å². The molecule has 3 rings (SSSR count). The lowest BCUT2D eigenvalue weighted by molar-refractivity contribution is 0.195. The maximum absolute atomic E-state index is 9.63. The Morgan fingerprint density at radius 3 is 2.83 bits per heavy atom. The fourth-order valence-electron chi connectivity index (χ4n) is 2.37. The highest BCUT2D eigenvalue weighted by Crippen LogP contribution is 2.20. The molecular weight excluding hydrogens is 228 g/mol. The summed E-state index contributed by atoms with van der Waals surface area (Å²) in [5.74, 6) is 1.15. The highest BCUT2D eigenvalue weighted by molar-refractivity contribution is 5.53. The maximum Gasteiger partial charge on any atom is 0.138 e. The van der Waals surface area contributed by atoms with Gasteiger partial charge in [-0.25, -0.2) is 4.98 Å². The number of hydrogen-bond acceptors (Lipinski definition) is 4. The minimum absolute atomic E-state index is 0.527. The molecule has 0 radical (unpaired) electrons. The molecule has 1 fully saturated rings. The first kappa shape index (κ1) is 11.5. The normalized spacial score (nSPS) is 18.2. The molecule has 1 atom stereocenters. The van der Waals surface area contributed by atoms with Crippen molar-refractivity contribution in [2.45, 2.75) is 13.0 Å². The van der Waals surface area contributed by atoms with Gasteiger partial charge in [0.15, 0.2) is 0 Å². The average molecular weight is 246 g/mol. The van der Waals surface area contributed by atoms with E-state index in [2.05, 4.69) is 25.7 Å². The number of hydrogen-bond donors (Lipinski definition) is 2. The number of nitrogens with one attached hydrogen (secondary N) is 1. The second-order valence-corrected chi connectivity index (χ2v) is 4.69. The Hall–Kier alpha value is -1.59. The summed E-state index contributed by atoms with van der Waals surface area (Å²) in [6.45, 7) is 5.76. The number of anilines is 1. The summed E-state index contributed by atoms with van der Waals surface area (Å²) in [6.07, 6.45) is 1.40. The SMILES string of the molecule is CC(O)c1cn2c(N3CCNCC3)cccc2n1. The first-order valence-electron chi connectivity index (χ1n) is 6.37. The number of pyridine rings is 1. The number of rotatable bonds is 2. The molecule has 2 aromatic rings. The van der Waals surface area contributed by atoms with Crippen LogP contribution in [-0.4, -0.2) is 40.7 Å². The van der Waals surface area contributed by atoms with Crippen LogP contribution in [0.5, 0.6) is 0 Å². The molecule has 0 saturated carbocycles. The molecule has 1 saturated heterocycles. The van der Waals surface area contributed by atoms with Crippen LogP contribution in [0.2, 0.25) is 0 Å². The van der Waals surface area contributed by atoms with E-state index in [9.17, 15) is 5.11 Å². The topological polar surface area (TPSA) is 52.8 Å². The van der Waals surface area contributed by atoms with Crippen LogP contribution < -0.4 is 10.2 Å². The summed E-state index contributed by atoms with van der Waals surface area (Å²) < 4.78 is 2.06. The van der Waals surface area contributed by atoms with Crippen molar-refractivity contribution in [2.24, 2.45) is 0 Å². The quantitative estimate of drug-likeness (QED) is 0.823. The van der Waals surface area contributed by atoms with Crippen LogP contribution in [0.15, 0.2) is 24.4 Å². The molecule has 18 heavy (non-hydrogen) atoms. The van der Waals surface area contributed by atoms with Gasteiger partial charge in [-0.1, -0.05) is 6.07 Å². The Morgan fingerprint density at radius 1 is 1.33 bits per heavy atom. The van der Waals surface area contributed by atoms with Crippen molar-refractivity contribution in [1.82, 2.24) is 14.7 Å². The number of aliphatic hydroxyl groups excluding tert-OH is 1. The molecule has 96 valence electrons. The van der Waals surface area contributed by atoms with Crippen molar-refractivity contribution >= 4 is 11.5 Å². The smallest absolute Gasteiger partial charge is 0.138 e. The van der Waals surface area contributed by atoms with Gasteiger partial charge < -0.3 is 15.3 Å². The van der Waals surface area contributed by atoms with E-state index in [1.807, 2.05) is 18.3 Å². The lowest BCUT2D eigenvalue weighted by Crippen LogP contribution is -2.44. The van der Waals surface area contributed by atoms with Gasteiger partial charge in [0, 0.05) is 32.4 Å². The van der Waals surface area contributed by atoms with Crippen LogP contribution in [0.1, 0.15) is 18.7 Å². The van der Waals surface area contributed by atoms with Crippen molar-refractivity contribution < 1.29 is 5.11 Å². The third-order valence-corrected chi connectivity index (χ3v) is 3.36. The van der Waals surface area contributed by atoms with Crippen molar-refractivity contribution in [2.75, 3.05) is 31.1 Å². The largest absolute Gasteiger partial charge is 0.387 e. The van der Waals surface area contributed by atoms with Crippen LogP contribution in [0, 0.1) is 0 Å². The van der Waals surface area contributed by atoms with Crippen LogP contribution in [0.3, 0.4) is 0 Å². The second-order valence-electron chi connectivity index (χ2n) is 4.69. The Bertz CT molecular complexity index is 543. The molecule has 1 aliphatic heterocycles. The Morgan fingerprint density at radius 2 is 2.11 bits per heavy atom. The standard InChI is InChI=1S/C13H18N4O/c1-10(18)11-9-17-12(15-11)3-2-4-13(17)16-7-5-14-6-8-16/h2-4,9-10,14,18H,5-8H2,1H3. The predicted molar refractivity (Wildman–Crippen MR) is 70.9 cm³/mol. The van der Waals surface area contributed by atoms with E-state index >= 15 is 0 Å². The van der Waals surface area contributed by atoms with Crippen molar-refractivity contribution in [1.29, 1.82) is 0 Å². The molecule has 0 aliphatic carbocycles. The highest BCUT2D eigenvalue weighted by Gasteiger charge is 2.15. The van der Waals surface area contributed by atoms with E-state index in [1.54, 1.807) is 6.92 Å². The summed E-state index contributed by atoms with van der Waals surface area (Å²) >= 11 is 0. The molecule has 1 unspecified atom stereocenters. The van der Waals surface area contributed by atoms with Gasteiger partial charge in [-0.3, -0.25) is 4.40 Å². The van der Waals surface area contributed by atoms with Gasteiger partial charge in [-0.05, 0) is 19.1 Å². The molecule has 0 bridgehead atoms. The van der Waals surface area contributed by atoms with E-state index in [1.165, 1.54) is 0 Å². The molecule has 0 amide bonds. The fourth-order valence-corrected chi connectivity index (χ4v) is 2.37. The maximum atomic E-state index is 9.63. The predicted octanol–water partition coefficient (Wildman–Crippen LogP) is 0.797. The lowest BCUT2D eigenvalue weighted by Gasteiger charge is -2.29. The van der Waals surface area contributed by atoms with Crippen molar-refractivity contribution in [3.63, 3.8) is 0 Å². The summed E-state index contributed by atoms with van der Waals surface area (Å²) in [4.78, 5) is 6.78. The zero-order valence-corrected chi connectivity index (χ0v) is 10.5. The minimum Gasteiger partial charge on any atom is -0.387 e. The molecule has 3 heterocycles. The minimum atomic E-state index is -0.527. The van der Waals surface area contributed by atoms with Crippen molar-refractivity contribution in [3.8, 4) is 0 Å². The van der Waals surface area contributed by atoms with E-state index in [0.29, 0.717) is 0 Å². The monoisotopic (exact) mass is 246 g/mol. The number of fused-ring (bicyclic) bond motifs is 1. The van der Waals surface area contributed by atoms with Crippen molar-refractivity contribution in [3.05, 3.63) is 30.1 Å². The summed E-state index contributed by atoms with van der Waals surface area (Å²) in [6, 6.07) is 6.09. The van der Waals surface area contributed by atoms with Gasteiger partial charge in [-0.15, -0.1) is 0 Å². The van der Waals surface area contributed by atoms with Gasteiger partial charge in [0.2, 0.25) is 0 Å². The zero-order valence-electron chi connectivity index (χ0n) is 10.5. The van der Waals surface area contributed by atoms with Gasteiger partial charge in [0.05, 0.1) is 11.8 Å². The molecule has 0 aromatic carbocycles. The lowest BCUT2D eigenvalue weighted by atomic mass is 10.3. The van der Waals surface area contributed by atoms with E-state index < -0.39 is 6.10 Å². The highest BCUT2D eigenvalue weighted by atomic mass is 16.3. The molecule has 5 nitrogen and oxygen atoms in total. The van der Waals surface area contributed by atoms with Gasteiger partial charge in [0.25, 0.3) is 0 Å². The zero-order chi connectivity index (χ0) is 12.5. The summed E-state index contributed by atoms with van der Waals surface area (Å²) in [5.41, 5.74) is 1.61. The first-order chi connectivity index (χ1) is 8.75. The van der Waals surface area contributed by atoms with E-state index in [0.717, 1.165) is 43.3 Å². The molecule has 0 spiro atoms. The molecule has 2 N–H and O–H groups in total. The molecular formula is C13H18N4O. The van der Waals surface area contributed by atoms with Gasteiger partial charge in [-0.2, -0.15) is 0 Å². The Balaban J connectivity index is 2.05. The summed E-state index contributed by atoms with van der Waals surface area (Å²) in [5, 5.41) is 13.0. The number of nitrogens with zero attached hydrogens (tertiary/aromatic N) is 3. The fraction of sp³-hybridized carbons (Fsp3) is 0.462. The van der Waals surface area contributed by atoms with Crippen LogP contribution in [0.25, 0.3) is 5.65 Å². The number of imidazole rings is 1.